The van der Waals surface area contributed by atoms with Gasteiger partial charge in [-0.1, -0.05) is 62.7 Å². The zero-order chi connectivity index (χ0) is 40.2. The molecule has 0 saturated carbocycles. The van der Waals surface area contributed by atoms with Crippen LogP contribution in [0.3, 0.4) is 0 Å². The largest absolute Gasteiger partial charge is 0.435 e. The van der Waals surface area contributed by atoms with Gasteiger partial charge in [0.15, 0.2) is 0 Å². The van der Waals surface area contributed by atoms with Crippen LogP contribution in [0, 0.1) is 5.92 Å². The SMILES string of the molecule is CCCc1ccc(CCc2ccc(CCC(COC(C(F)(F)F)(C(F)(F)F)C(F)(F)F)COC(C(F)(F)F)(C(F)(F)F)C(F)(F)F)cc2CC)cc1. The van der Waals surface area contributed by atoms with E-state index < -0.39 is 80.2 Å². The van der Waals surface area contributed by atoms with E-state index in [2.05, 4.69) is 9.47 Å². The van der Waals surface area contributed by atoms with Crippen LogP contribution in [0.15, 0.2) is 42.5 Å². The van der Waals surface area contributed by atoms with Crippen LogP contribution in [-0.4, -0.2) is 61.5 Å². The van der Waals surface area contributed by atoms with Crippen molar-refractivity contribution in [2.75, 3.05) is 13.2 Å². The summed E-state index contributed by atoms with van der Waals surface area (Å²) >= 11 is 0. The molecule has 2 aromatic rings. The summed E-state index contributed by atoms with van der Waals surface area (Å²) in [7, 11) is 0. The van der Waals surface area contributed by atoms with Crippen molar-refractivity contribution in [1.29, 1.82) is 0 Å². The molecule has 0 heterocycles. The van der Waals surface area contributed by atoms with E-state index in [1.807, 2.05) is 31.2 Å². The van der Waals surface area contributed by atoms with Crippen LogP contribution in [0.1, 0.15) is 54.5 Å². The van der Waals surface area contributed by atoms with E-state index in [4.69, 9.17) is 0 Å². The quantitative estimate of drug-likeness (QED) is 0.167. The molecule has 0 unspecified atom stereocenters. The first-order chi connectivity index (χ1) is 23.5. The van der Waals surface area contributed by atoms with E-state index in [1.54, 1.807) is 6.92 Å². The fourth-order valence-electron chi connectivity index (χ4n) is 5.37. The molecule has 0 amide bonds. The fourth-order valence-corrected chi connectivity index (χ4v) is 5.37. The van der Waals surface area contributed by atoms with E-state index in [1.165, 1.54) is 18.2 Å². The summed E-state index contributed by atoms with van der Waals surface area (Å²) in [6.45, 7) is -1.50. The number of aryl methyl sites for hydroxylation is 5. The normalized spacial score (nSPS) is 14.4. The summed E-state index contributed by atoms with van der Waals surface area (Å²) in [6, 6.07) is 11.9. The summed E-state index contributed by atoms with van der Waals surface area (Å²) in [4.78, 5) is 0. The van der Waals surface area contributed by atoms with E-state index in [9.17, 15) is 79.0 Å². The predicted octanol–water partition coefficient (Wildman–Crippen LogP) is 11.4. The van der Waals surface area contributed by atoms with E-state index >= 15 is 0 Å². The van der Waals surface area contributed by atoms with Crippen molar-refractivity contribution in [3.05, 3.63) is 70.3 Å². The van der Waals surface area contributed by atoms with Crippen molar-refractivity contribution in [3.63, 3.8) is 0 Å². The van der Waals surface area contributed by atoms with Gasteiger partial charge in [0.25, 0.3) is 0 Å². The molecule has 0 fully saturated rings. The third-order valence-electron chi connectivity index (χ3n) is 8.20. The van der Waals surface area contributed by atoms with Crippen molar-refractivity contribution in [2.24, 2.45) is 5.92 Å². The van der Waals surface area contributed by atoms with E-state index in [0.717, 1.165) is 29.5 Å². The Morgan fingerprint density at radius 1 is 0.442 bits per heavy atom. The highest BCUT2D eigenvalue weighted by Crippen LogP contribution is 2.57. The number of rotatable bonds is 15. The predicted molar refractivity (Wildman–Crippen MR) is 149 cm³/mol. The number of hydrogen-bond acceptors (Lipinski definition) is 2. The Balaban J connectivity index is 2.48. The van der Waals surface area contributed by atoms with Crippen molar-refractivity contribution >= 4 is 0 Å². The standard InChI is InChI=1S/C32H32F18O2/c1-3-5-19-6-8-20(9-7-19)12-14-24-15-13-21(16-23(24)4-2)10-11-22(17-51-25(27(33,34)35,28(36,37)38)29(39,40)41)18-52-26(30(42,43)44,31(45,46)47)32(48,49)50/h6-9,13,15-16,22H,3-5,10-12,14,17-18H2,1-2H3. The van der Waals surface area contributed by atoms with Crippen LogP contribution in [0.5, 0.6) is 0 Å². The maximum Gasteiger partial charge on any atom is 0.435 e. The van der Waals surface area contributed by atoms with Gasteiger partial charge in [-0.05, 0) is 66.3 Å². The molecular weight excluding hydrogens is 758 g/mol. The lowest BCUT2D eigenvalue weighted by Crippen LogP contribution is -2.68. The summed E-state index contributed by atoms with van der Waals surface area (Å²) < 4.78 is 248. The van der Waals surface area contributed by atoms with E-state index in [0.29, 0.717) is 24.8 Å². The Labute approximate surface area is 285 Å². The molecule has 20 heteroatoms. The lowest BCUT2D eigenvalue weighted by Gasteiger charge is -2.40. The van der Waals surface area contributed by atoms with Gasteiger partial charge in [-0.15, -0.1) is 0 Å². The van der Waals surface area contributed by atoms with Gasteiger partial charge < -0.3 is 9.47 Å². The first-order valence-electron chi connectivity index (χ1n) is 15.4. The molecule has 0 N–H and O–H groups in total. The number of alkyl halides is 18. The molecule has 2 aromatic carbocycles. The minimum atomic E-state index is -7.36. The molecule has 0 aliphatic carbocycles. The molecule has 0 radical (unpaired) electrons. The first kappa shape index (κ1) is 45.3. The van der Waals surface area contributed by atoms with Gasteiger partial charge in [-0.25, -0.2) is 0 Å². The van der Waals surface area contributed by atoms with Crippen molar-refractivity contribution in [1.82, 2.24) is 0 Å². The Morgan fingerprint density at radius 3 is 1.15 bits per heavy atom. The highest BCUT2D eigenvalue weighted by Gasteiger charge is 2.87. The minimum absolute atomic E-state index is 0.0944. The highest BCUT2D eigenvalue weighted by atomic mass is 19.4. The molecule has 52 heavy (non-hydrogen) atoms. The summed E-state index contributed by atoms with van der Waals surface area (Å²) in [6.07, 6.45) is -42.9. The molecule has 0 aliphatic rings. The molecule has 2 nitrogen and oxygen atoms in total. The molecule has 0 bridgehead atoms. The van der Waals surface area contributed by atoms with Crippen molar-refractivity contribution < 1.29 is 88.5 Å². The molecule has 298 valence electrons. The van der Waals surface area contributed by atoms with Gasteiger partial charge >= 0.3 is 48.3 Å². The highest BCUT2D eigenvalue weighted by molar-refractivity contribution is 5.34. The van der Waals surface area contributed by atoms with Crippen LogP contribution >= 0.6 is 0 Å². The van der Waals surface area contributed by atoms with Gasteiger partial charge in [0.05, 0.1) is 13.2 Å². The monoisotopic (exact) mass is 790 g/mol. The average Bonchev–Trinajstić information content (AvgIpc) is 2.95. The van der Waals surface area contributed by atoms with E-state index in [-0.39, 0.29) is 5.56 Å². The zero-order valence-corrected chi connectivity index (χ0v) is 27.1. The van der Waals surface area contributed by atoms with Crippen LogP contribution < -0.4 is 0 Å². The van der Waals surface area contributed by atoms with Gasteiger partial charge in [-0.2, -0.15) is 79.0 Å². The van der Waals surface area contributed by atoms with Gasteiger partial charge in [0, 0.05) is 5.92 Å². The smallest absolute Gasteiger partial charge is 0.351 e. The molecule has 0 saturated heterocycles. The third kappa shape index (κ3) is 9.79. The molecule has 0 atom stereocenters. The second kappa shape index (κ2) is 16.2. The fraction of sp³-hybridized carbons (Fsp3) is 0.625. The molecular formula is C32H32F18O2. The maximum absolute atomic E-state index is 13.4. The van der Waals surface area contributed by atoms with Crippen molar-refractivity contribution in [3.8, 4) is 0 Å². The minimum Gasteiger partial charge on any atom is -0.351 e. The number of halogens is 18. The van der Waals surface area contributed by atoms with Crippen LogP contribution in [0.2, 0.25) is 0 Å². The van der Waals surface area contributed by atoms with Crippen molar-refractivity contribution in [2.45, 2.75) is 107 Å². The molecule has 0 aromatic heterocycles. The van der Waals surface area contributed by atoms with Gasteiger partial charge in [0.2, 0.25) is 0 Å². The first-order valence-corrected chi connectivity index (χ1v) is 15.4. The summed E-state index contributed by atoms with van der Waals surface area (Å²) in [5.74, 6) is -2.75. The third-order valence-corrected chi connectivity index (χ3v) is 8.20. The van der Waals surface area contributed by atoms with Crippen LogP contribution in [0.25, 0.3) is 0 Å². The Morgan fingerprint density at radius 2 is 0.808 bits per heavy atom. The lowest BCUT2D eigenvalue weighted by molar-refractivity contribution is -0.463. The summed E-state index contributed by atoms with van der Waals surface area (Å²) in [5, 5.41) is 0. The topological polar surface area (TPSA) is 18.5 Å². The average molecular weight is 791 g/mol. The maximum atomic E-state index is 13.4. The molecule has 2 rings (SSSR count). The van der Waals surface area contributed by atoms with Crippen LogP contribution in [-0.2, 0) is 41.6 Å². The van der Waals surface area contributed by atoms with Gasteiger partial charge in [0.1, 0.15) is 0 Å². The molecule has 0 spiro atoms. The van der Waals surface area contributed by atoms with Crippen LogP contribution in [0.4, 0.5) is 79.0 Å². The van der Waals surface area contributed by atoms with Gasteiger partial charge in [-0.3, -0.25) is 0 Å². The number of hydrogen-bond donors (Lipinski definition) is 0. The second-order valence-corrected chi connectivity index (χ2v) is 11.9. The Kier molecular flexibility index (Phi) is 14.1. The Hall–Kier alpha value is -2.90. The summed E-state index contributed by atoms with van der Waals surface area (Å²) in [5.41, 5.74) is -10.5. The number of benzene rings is 2. The lowest BCUT2D eigenvalue weighted by atomic mass is 9.93. The molecule has 0 aliphatic heterocycles. The number of ether oxygens (including phenoxy) is 2. The second-order valence-electron chi connectivity index (χ2n) is 11.9. The zero-order valence-electron chi connectivity index (χ0n) is 27.1. The Bertz CT molecular complexity index is 1290.